The molecule has 0 spiro atoms. The third kappa shape index (κ3) is 7.02. The lowest BCUT2D eigenvalue weighted by molar-refractivity contribution is -0.136. The van der Waals surface area contributed by atoms with Gasteiger partial charge in [0.25, 0.3) is 11.8 Å². The molecule has 54 heavy (non-hydrogen) atoms. The second kappa shape index (κ2) is 14.9. The molecule has 2 saturated heterocycles. The number of ether oxygens (including phenoxy) is 1. The lowest BCUT2D eigenvalue weighted by atomic mass is 10.0. The summed E-state index contributed by atoms with van der Waals surface area (Å²) in [6, 6.07) is 15.5. The Labute approximate surface area is 310 Å². The summed E-state index contributed by atoms with van der Waals surface area (Å²) in [5.41, 5.74) is 9.59. The van der Waals surface area contributed by atoms with Crippen molar-refractivity contribution in [3.05, 3.63) is 84.3 Å². The number of fused-ring (bicyclic) bond motifs is 2. The fraction of sp³-hybridized carbons (Fsp3) is 0.316. The first-order chi connectivity index (χ1) is 26.3. The smallest absolute Gasteiger partial charge is 0.266 e. The van der Waals surface area contributed by atoms with E-state index in [0.29, 0.717) is 24.1 Å². The molecule has 1 unspecified atom stereocenters. The fourth-order valence-corrected chi connectivity index (χ4v) is 7.11. The van der Waals surface area contributed by atoms with Crippen LogP contribution in [0.25, 0.3) is 16.8 Å². The first-order valence-corrected chi connectivity index (χ1v) is 18.1. The predicted octanol–water partition coefficient (Wildman–Crippen LogP) is 3.28. The summed E-state index contributed by atoms with van der Waals surface area (Å²) in [7, 11) is 0. The van der Waals surface area contributed by atoms with Gasteiger partial charge in [0.05, 0.1) is 47.0 Å². The first-order valence-electron chi connectivity index (χ1n) is 18.1. The fourth-order valence-electron chi connectivity index (χ4n) is 7.11. The molecule has 8 rings (SSSR count). The quantitative estimate of drug-likeness (QED) is 0.125. The maximum atomic E-state index is 13.3. The van der Waals surface area contributed by atoms with Gasteiger partial charge in [0.15, 0.2) is 0 Å². The summed E-state index contributed by atoms with van der Waals surface area (Å²) >= 11 is 0. The van der Waals surface area contributed by atoms with Gasteiger partial charge < -0.3 is 20.7 Å². The molecule has 0 radical (unpaired) electrons. The van der Waals surface area contributed by atoms with Crippen molar-refractivity contribution in [1.29, 1.82) is 0 Å². The highest BCUT2D eigenvalue weighted by Gasteiger charge is 2.46. The molecule has 16 nitrogen and oxygen atoms in total. The molecule has 3 aliphatic rings. The van der Waals surface area contributed by atoms with E-state index in [1.54, 1.807) is 42.9 Å². The number of carbonyl (C=O) groups is 4. The van der Waals surface area contributed by atoms with Crippen LogP contribution in [-0.2, 0) is 9.59 Å². The summed E-state index contributed by atoms with van der Waals surface area (Å²) in [5, 5.41) is 10.2. The topological polar surface area (TPSA) is 193 Å². The maximum Gasteiger partial charge on any atom is 0.266 e. The number of nitrogens with zero attached hydrogens (tertiary/aromatic N) is 8. The minimum absolute atomic E-state index is 0.0734. The molecular formula is C38H39N11O5. The molecule has 1 aromatic carbocycles. The summed E-state index contributed by atoms with van der Waals surface area (Å²) < 4.78 is 7.80. The number of amides is 4. The van der Waals surface area contributed by atoms with Crippen molar-refractivity contribution in [2.45, 2.75) is 38.1 Å². The van der Waals surface area contributed by atoms with Gasteiger partial charge in [0, 0.05) is 44.4 Å². The number of anilines is 4. The Kier molecular flexibility index (Phi) is 9.56. The van der Waals surface area contributed by atoms with E-state index in [-0.39, 0.29) is 24.0 Å². The van der Waals surface area contributed by atoms with Crippen LogP contribution in [0, 0.1) is 0 Å². The van der Waals surface area contributed by atoms with Crippen LogP contribution in [0.1, 0.15) is 52.8 Å². The van der Waals surface area contributed by atoms with Crippen LogP contribution in [0.3, 0.4) is 0 Å². The minimum Gasteiger partial charge on any atom is -0.493 e. The predicted molar refractivity (Wildman–Crippen MR) is 199 cm³/mol. The second-order valence-corrected chi connectivity index (χ2v) is 13.5. The monoisotopic (exact) mass is 729 g/mol. The number of rotatable bonds is 12. The van der Waals surface area contributed by atoms with Crippen molar-refractivity contribution in [2.75, 3.05) is 55.3 Å². The lowest BCUT2D eigenvalue weighted by Gasteiger charge is -2.35. The number of pyridine rings is 2. The molecule has 2 fully saturated rings. The number of nitrogens with two attached hydrogens (primary N) is 1. The van der Waals surface area contributed by atoms with Crippen LogP contribution in [0.15, 0.2) is 73.2 Å². The number of nitrogen functional groups attached to an aromatic ring is 1. The molecule has 4 amide bonds. The van der Waals surface area contributed by atoms with Crippen molar-refractivity contribution < 1.29 is 23.9 Å². The molecule has 16 heteroatoms. The summed E-state index contributed by atoms with van der Waals surface area (Å²) in [5.74, 6) is 0.0251. The summed E-state index contributed by atoms with van der Waals surface area (Å²) in [6.45, 7) is 4.99. The van der Waals surface area contributed by atoms with E-state index < -0.39 is 29.7 Å². The van der Waals surface area contributed by atoms with Crippen molar-refractivity contribution >= 4 is 52.4 Å². The van der Waals surface area contributed by atoms with Crippen molar-refractivity contribution in [2.24, 2.45) is 0 Å². The van der Waals surface area contributed by atoms with Gasteiger partial charge in [-0.05, 0) is 80.8 Å². The maximum absolute atomic E-state index is 13.3. The van der Waals surface area contributed by atoms with E-state index in [1.807, 2.05) is 34.8 Å². The van der Waals surface area contributed by atoms with E-state index in [0.717, 1.165) is 85.2 Å². The van der Waals surface area contributed by atoms with Gasteiger partial charge in [-0.3, -0.25) is 34.3 Å². The van der Waals surface area contributed by atoms with Gasteiger partial charge in [0.1, 0.15) is 23.4 Å². The molecule has 0 bridgehead atoms. The van der Waals surface area contributed by atoms with Crippen LogP contribution in [0.4, 0.5) is 23.3 Å². The molecule has 0 aliphatic carbocycles. The van der Waals surface area contributed by atoms with E-state index in [4.69, 9.17) is 15.5 Å². The lowest BCUT2D eigenvalue weighted by Crippen LogP contribution is -2.54. The second-order valence-electron chi connectivity index (χ2n) is 13.5. The Hall–Kier alpha value is -6.42. The normalized spacial score (nSPS) is 17.6. The van der Waals surface area contributed by atoms with E-state index in [2.05, 4.69) is 35.5 Å². The number of nitrogens with one attached hydrogen (secondary N) is 2. The molecule has 7 heterocycles. The Balaban J connectivity index is 0.768. The molecule has 276 valence electrons. The first kappa shape index (κ1) is 34.7. The zero-order valence-corrected chi connectivity index (χ0v) is 29.5. The Morgan fingerprint density at radius 1 is 0.852 bits per heavy atom. The van der Waals surface area contributed by atoms with Crippen LogP contribution in [0.5, 0.6) is 5.75 Å². The number of hydrogen-bond acceptors (Lipinski definition) is 13. The molecule has 4 N–H and O–H groups in total. The molecule has 1 atom stereocenters. The van der Waals surface area contributed by atoms with Crippen LogP contribution >= 0.6 is 0 Å². The summed E-state index contributed by atoms with van der Waals surface area (Å²) in [4.78, 5) is 69.4. The standard InChI is InChI=1S/C38H39N11O5/c39-31-12-7-24(21-40-31)28-10-9-26-23-42-38(45-49(26)28)43-25-8-13-32(41-22-25)47-18-16-46(17-19-47)15-2-1-3-20-54-30-6-4-5-27-34(30)37(53)48(36(27)52)29-11-14-33(50)44-35(29)51/h4-10,12-13,21-23,29H,1-3,11,14-20H2,(H2,39,40)(H,43,45)(H,44,50,51). The Bertz CT molecular complexity index is 2220. The Morgan fingerprint density at radius 3 is 2.50 bits per heavy atom. The van der Waals surface area contributed by atoms with Gasteiger partial charge in [-0.1, -0.05) is 6.07 Å². The zero-order valence-electron chi connectivity index (χ0n) is 29.5. The third-order valence-electron chi connectivity index (χ3n) is 9.99. The van der Waals surface area contributed by atoms with Crippen molar-refractivity contribution in [1.82, 2.24) is 39.7 Å². The van der Waals surface area contributed by atoms with Crippen LogP contribution < -0.4 is 26.0 Å². The molecule has 0 saturated carbocycles. The molecule has 5 aromatic rings. The number of aromatic nitrogens is 5. The van der Waals surface area contributed by atoms with E-state index in [1.165, 1.54) is 0 Å². The molecule has 3 aliphatic heterocycles. The number of unbranched alkanes of at least 4 members (excludes halogenated alkanes) is 2. The number of hydrogen-bond donors (Lipinski definition) is 3. The van der Waals surface area contributed by atoms with E-state index in [9.17, 15) is 19.2 Å². The average Bonchev–Trinajstić information content (AvgIpc) is 3.72. The van der Waals surface area contributed by atoms with Gasteiger partial charge in [0.2, 0.25) is 17.8 Å². The van der Waals surface area contributed by atoms with Gasteiger partial charge >= 0.3 is 0 Å². The largest absolute Gasteiger partial charge is 0.493 e. The average molecular weight is 730 g/mol. The SMILES string of the molecule is Nc1ccc(-c2ccc3cnc(Nc4ccc(N5CCN(CCCCCOc6cccc7c6C(=O)N(C6CCC(=O)NC6=O)C7=O)CC5)nc4)nn23)cn1. The van der Waals surface area contributed by atoms with E-state index >= 15 is 0 Å². The van der Waals surface area contributed by atoms with Gasteiger partial charge in [-0.2, -0.15) is 0 Å². The third-order valence-corrected chi connectivity index (χ3v) is 9.99. The van der Waals surface area contributed by atoms with Crippen LogP contribution in [0.2, 0.25) is 0 Å². The Morgan fingerprint density at radius 2 is 1.72 bits per heavy atom. The number of piperidine rings is 1. The van der Waals surface area contributed by atoms with Gasteiger partial charge in [-0.15, -0.1) is 5.10 Å². The number of imide groups is 2. The molecular weight excluding hydrogens is 690 g/mol. The minimum atomic E-state index is -1.01. The highest BCUT2D eigenvalue weighted by molar-refractivity contribution is 6.24. The number of carbonyl (C=O) groups excluding carboxylic acids is 4. The molecule has 4 aromatic heterocycles. The highest BCUT2D eigenvalue weighted by atomic mass is 16.5. The van der Waals surface area contributed by atoms with Crippen molar-refractivity contribution in [3.8, 4) is 17.0 Å². The van der Waals surface area contributed by atoms with Gasteiger partial charge in [-0.25, -0.2) is 19.5 Å². The number of benzene rings is 1. The van der Waals surface area contributed by atoms with Crippen molar-refractivity contribution in [3.63, 3.8) is 0 Å². The van der Waals surface area contributed by atoms with Crippen LogP contribution in [-0.4, -0.2) is 103 Å². The zero-order chi connectivity index (χ0) is 37.2. The summed E-state index contributed by atoms with van der Waals surface area (Å²) in [6.07, 6.45) is 8.21. The highest BCUT2D eigenvalue weighted by Crippen LogP contribution is 2.34. The number of piperazine rings is 1.